The fourth-order valence-corrected chi connectivity index (χ4v) is 2.89. The molecule has 0 aromatic heterocycles. The van der Waals surface area contributed by atoms with E-state index in [9.17, 15) is 5.11 Å². The van der Waals surface area contributed by atoms with Gasteiger partial charge in [0.15, 0.2) is 11.5 Å². The Morgan fingerprint density at radius 3 is 2.89 bits per heavy atom. The average molecular weight is 263 g/mol. The summed E-state index contributed by atoms with van der Waals surface area (Å²) in [5.41, 5.74) is 1.25. The quantitative estimate of drug-likeness (QED) is 0.900. The first-order chi connectivity index (χ1) is 9.35. The summed E-state index contributed by atoms with van der Waals surface area (Å²) in [5.74, 6) is 2.15. The molecule has 4 heteroatoms. The lowest BCUT2D eigenvalue weighted by Gasteiger charge is -2.32. The van der Waals surface area contributed by atoms with E-state index < -0.39 is 0 Å². The van der Waals surface area contributed by atoms with Crippen LogP contribution >= 0.6 is 0 Å². The normalized spacial score (nSPS) is 23.3. The highest BCUT2D eigenvalue weighted by atomic mass is 16.6. The Hall–Kier alpha value is -1.26. The first-order valence-corrected chi connectivity index (χ1v) is 7.07. The Labute approximate surface area is 113 Å². The second-order valence-electron chi connectivity index (χ2n) is 5.40. The van der Waals surface area contributed by atoms with Gasteiger partial charge in [-0.2, -0.15) is 0 Å². The summed E-state index contributed by atoms with van der Waals surface area (Å²) >= 11 is 0. The van der Waals surface area contributed by atoms with Gasteiger partial charge >= 0.3 is 0 Å². The molecule has 19 heavy (non-hydrogen) atoms. The smallest absolute Gasteiger partial charge is 0.161 e. The van der Waals surface area contributed by atoms with E-state index in [4.69, 9.17) is 9.47 Å². The van der Waals surface area contributed by atoms with Crippen LogP contribution in [0.4, 0.5) is 0 Å². The lowest BCUT2D eigenvalue weighted by molar-refractivity contribution is 0.115. The summed E-state index contributed by atoms with van der Waals surface area (Å²) in [4.78, 5) is 2.41. The summed E-state index contributed by atoms with van der Waals surface area (Å²) in [6.07, 6.45) is 2.32. The molecule has 2 aliphatic rings. The monoisotopic (exact) mass is 263 g/mol. The molecule has 1 saturated heterocycles. The van der Waals surface area contributed by atoms with Gasteiger partial charge in [0.05, 0.1) is 0 Å². The zero-order valence-corrected chi connectivity index (χ0v) is 11.2. The van der Waals surface area contributed by atoms with Crippen LogP contribution in [0.1, 0.15) is 18.4 Å². The van der Waals surface area contributed by atoms with Gasteiger partial charge in [-0.15, -0.1) is 0 Å². The maximum Gasteiger partial charge on any atom is 0.161 e. The molecule has 0 radical (unpaired) electrons. The number of aliphatic hydroxyl groups excluding tert-OH is 1. The molecular weight excluding hydrogens is 242 g/mol. The van der Waals surface area contributed by atoms with Crippen LogP contribution in [0.2, 0.25) is 0 Å². The molecule has 3 rings (SSSR count). The number of rotatable bonds is 3. The molecule has 1 aromatic rings. The molecule has 1 fully saturated rings. The minimum Gasteiger partial charge on any atom is -0.486 e. The van der Waals surface area contributed by atoms with Crippen LogP contribution in [-0.4, -0.2) is 42.9 Å². The van der Waals surface area contributed by atoms with Gasteiger partial charge in [0.25, 0.3) is 0 Å². The molecule has 1 atom stereocenters. The maximum absolute atomic E-state index is 9.27. The summed E-state index contributed by atoms with van der Waals surface area (Å²) in [6, 6.07) is 6.18. The lowest BCUT2D eigenvalue weighted by atomic mass is 9.98. The van der Waals surface area contributed by atoms with Crippen molar-refractivity contribution in [3.8, 4) is 11.5 Å². The summed E-state index contributed by atoms with van der Waals surface area (Å²) < 4.78 is 11.1. The van der Waals surface area contributed by atoms with E-state index in [1.807, 2.05) is 6.07 Å². The molecule has 2 aliphatic heterocycles. The average Bonchev–Trinajstić information content (AvgIpc) is 2.47. The molecule has 4 nitrogen and oxygen atoms in total. The molecule has 1 unspecified atom stereocenters. The van der Waals surface area contributed by atoms with Gasteiger partial charge in [0.1, 0.15) is 13.2 Å². The van der Waals surface area contributed by atoms with Gasteiger partial charge in [-0.25, -0.2) is 0 Å². The van der Waals surface area contributed by atoms with Crippen LogP contribution in [0.5, 0.6) is 11.5 Å². The SMILES string of the molecule is OCC1CCCN(Cc2ccc3c(c2)OCCO3)C1. The molecular formula is C15H21NO3. The highest BCUT2D eigenvalue weighted by Gasteiger charge is 2.20. The lowest BCUT2D eigenvalue weighted by Crippen LogP contribution is -2.36. The minimum absolute atomic E-state index is 0.303. The summed E-state index contributed by atoms with van der Waals surface area (Å²) in [7, 11) is 0. The van der Waals surface area contributed by atoms with Gasteiger partial charge in [-0.1, -0.05) is 6.07 Å². The number of nitrogens with zero attached hydrogens (tertiary/aromatic N) is 1. The van der Waals surface area contributed by atoms with Crippen molar-refractivity contribution in [2.75, 3.05) is 32.9 Å². The molecule has 104 valence electrons. The van der Waals surface area contributed by atoms with Crippen molar-refractivity contribution in [3.63, 3.8) is 0 Å². The number of hydrogen-bond acceptors (Lipinski definition) is 4. The number of likely N-dealkylation sites (tertiary alicyclic amines) is 1. The third-order valence-electron chi connectivity index (χ3n) is 3.87. The second kappa shape index (κ2) is 5.80. The van der Waals surface area contributed by atoms with Crippen LogP contribution < -0.4 is 9.47 Å². The fourth-order valence-electron chi connectivity index (χ4n) is 2.89. The molecule has 0 bridgehead atoms. The second-order valence-corrected chi connectivity index (χ2v) is 5.40. The number of ether oxygens (including phenoxy) is 2. The van der Waals surface area contributed by atoms with Crippen LogP contribution in [0.3, 0.4) is 0 Å². The van der Waals surface area contributed by atoms with E-state index in [2.05, 4.69) is 17.0 Å². The number of piperidine rings is 1. The highest BCUT2D eigenvalue weighted by Crippen LogP contribution is 2.31. The van der Waals surface area contributed by atoms with Crippen LogP contribution in [0.25, 0.3) is 0 Å². The predicted molar refractivity (Wildman–Crippen MR) is 72.5 cm³/mol. The van der Waals surface area contributed by atoms with Crippen LogP contribution in [0, 0.1) is 5.92 Å². The molecule has 0 amide bonds. The van der Waals surface area contributed by atoms with E-state index in [1.54, 1.807) is 0 Å². The fraction of sp³-hybridized carbons (Fsp3) is 0.600. The van der Waals surface area contributed by atoms with Crippen molar-refractivity contribution in [1.29, 1.82) is 0 Å². The molecule has 0 spiro atoms. The zero-order chi connectivity index (χ0) is 13.1. The van der Waals surface area contributed by atoms with Crippen molar-refractivity contribution in [1.82, 2.24) is 4.90 Å². The number of aliphatic hydroxyl groups is 1. The molecule has 0 aliphatic carbocycles. The van der Waals surface area contributed by atoms with Crippen molar-refractivity contribution in [2.45, 2.75) is 19.4 Å². The van der Waals surface area contributed by atoms with Gasteiger partial charge < -0.3 is 14.6 Å². The number of hydrogen-bond donors (Lipinski definition) is 1. The summed E-state index contributed by atoms with van der Waals surface area (Å²) in [6.45, 7) is 4.60. The number of benzene rings is 1. The minimum atomic E-state index is 0.303. The first kappa shape index (κ1) is 12.8. The van der Waals surface area contributed by atoms with E-state index in [0.29, 0.717) is 25.7 Å². The molecule has 1 aromatic carbocycles. The van der Waals surface area contributed by atoms with Crippen molar-refractivity contribution in [3.05, 3.63) is 23.8 Å². The van der Waals surface area contributed by atoms with Crippen LogP contribution in [0.15, 0.2) is 18.2 Å². The predicted octanol–water partition coefficient (Wildman–Crippen LogP) is 1.66. The Morgan fingerprint density at radius 1 is 1.21 bits per heavy atom. The van der Waals surface area contributed by atoms with Gasteiger partial charge in [0, 0.05) is 19.7 Å². The molecule has 1 N–H and O–H groups in total. The molecule has 0 saturated carbocycles. The first-order valence-electron chi connectivity index (χ1n) is 7.07. The Kier molecular flexibility index (Phi) is 3.89. The van der Waals surface area contributed by atoms with E-state index in [0.717, 1.165) is 37.6 Å². The Balaban J connectivity index is 1.66. The van der Waals surface area contributed by atoms with Crippen molar-refractivity contribution in [2.24, 2.45) is 5.92 Å². The Bertz CT molecular complexity index is 435. The van der Waals surface area contributed by atoms with Gasteiger partial charge in [0.2, 0.25) is 0 Å². The third-order valence-corrected chi connectivity index (χ3v) is 3.87. The zero-order valence-electron chi connectivity index (χ0n) is 11.2. The topological polar surface area (TPSA) is 41.9 Å². The summed E-state index contributed by atoms with van der Waals surface area (Å²) in [5, 5.41) is 9.27. The largest absolute Gasteiger partial charge is 0.486 e. The number of fused-ring (bicyclic) bond motifs is 1. The highest BCUT2D eigenvalue weighted by molar-refractivity contribution is 5.43. The maximum atomic E-state index is 9.27. The van der Waals surface area contributed by atoms with Gasteiger partial charge in [-0.3, -0.25) is 4.90 Å². The third kappa shape index (κ3) is 3.01. The molecule has 2 heterocycles. The van der Waals surface area contributed by atoms with Crippen molar-refractivity contribution < 1.29 is 14.6 Å². The van der Waals surface area contributed by atoms with E-state index in [-0.39, 0.29) is 0 Å². The standard InChI is InChI=1S/C15H21NO3/c17-11-13-2-1-5-16(10-13)9-12-3-4-14-15(8-12)19-7-6-18-14/h3-4,8,13,17H,1-2,5-7,9-11H2. The van der Waals surface area contributed by atoms with E-state index >= 15 is 0 Å². The van der Waals surface area contributed by atoms with Crippen molar-refractivity contribution >= 4 is 0 Å². The van der Waals surface area contributed by atoms with E-state index in [1.165, 1.54) is 12.0 Å². The van der Waals surface area contributed by atoms with Crippen LogP contribution in [-0.2, 0) is 6.54 Å². The Morgan fingerprint density at radius 2 is 2.05 bits per heavy atom. The van der Waals surface area contributed by atoms with Gasteiger partial charge in [-0.05, 0) is 43.0 Å².